The molecule has 5 rings (SSSR count). The number of aryl methyl sites for hydroxylation is 2. The largest absolute Gasteiger partial charge is 0.490 e. The number of carbonyl (C=O) groups is 3. The highest BCUT2D eigenvalue weighted by Crippen LogP contribution is 2.24. The summed E-state index contributed by atoms with van der Waals surface area (Å²) in [5.41, 5.74) is 3.67. The van der Waals surface area contributed by atoms with Crippen molar-refractivity contribution in [3.63, 3.8) is 0 Å². The van der Waals surface area contributed by atoms with Gasteiger partial charge >= 0.3 is 18.8 Å². The molecule has 0 aliphatic carbocycles. The van der Waals surface area contributed by atoms with E-state index in [0.717, 1.165) is 25.8 Å². The number of anilines is 1. The van der Waals surface area contributed by atoms with Crippen LogP contribution in [0.5, 0.6) is 11.6 Å². The Kier molecular flexibility index (Phi) is 16.3. The van der Waals surface area contributed by atoms with Crippen molar-refractivity contribution >= 4 is 29.8 Å². The first kappa shape index (κ1) is 42.2. The van der Waals surface area contributed by atoms with E-state index in [9.17, 15) is 31.1 Å². The maximum absolute atomic E-state index is 12.7. The Morgan fingerprint density at radius 2 is 1.56 bits per heavy atom. The number of ether oxygens (including phenoxy) is 1. The molecular formula is C34H36F6N6O6. The molecule has 0 radical (unpaired) electrons. The van der Waals surface area contributed by atoms with Crippen molar-refractivity contribution in [2.24, 2.45) is 0 Å². The summed E-state index contributed by atoms with van der Waals surface area (Å²) < 4.78 is 70.4. The SMILES string of the molecule is CC(C)(C)c1ccc(C(=O)Nc2cn3nc(Oc4ccc(CCCCn5ccnc5)cc4)ccc3n2)cc1.FC(F)F.O=C(O)C(F)(F)F.O=CO. The molecule has 0 saturated heterocycles. The van der Waals surface area contributed by atoms with E-state index >= 15 is 0 Å². The Hall–Kier alpha value is -5.94. The Morgan fingerprint density at radius 1 is 0.962 bits per heavy atom. The van der Waals surface area contributed by atoms with Gasteiger partial charge in [0.2, 0.25) is 5.88 Å². The first-order valence-electron chi connectivity index (χ1n) is 15.2. The molecule has 3 N–H and O–H groups in total. The summed E-state index contributed by atoms with van der Waals surface area (Å²) in [6.45, 7) is 3.50. The zero-order chi connectivity index (χ0) is 38.9. The molecular weight excluding hydrogens is 702 g/mol. The van der Waals surface area contributed by atoms with Gasteiger partial charge in [0.15, 0.2) is 11.5 Å². The number of fused-ring (bicyclic) bond motifs is 1. The van der Waals surface area contributed by atoms with E-state index < -0.39 is 18.8 Å². The van der Waals surface area contributed by atoms with E-state index in [1.54, 1.807) is 16.8 Å². The van der Waals surface area contributed by atoms with Crippen molar-refractivity contribution in [3.05, 3.63) is 102 Å². The molecule has 3 heterocycles. The van der Waals surface area contributed by atoms with Crippen molar-refractivity contribution in [1.29, 1.82) is 0 Å². The minimum Gasteiger partial charge on any atom is -0.483 e. The van der Waals surface area contributed by atoms with Crippen molar-refractivity contribution in [2.45, 2.75) is 64.8 Å². The normalized spacial score (nSPS) is 10.9. The lowest BCUT2D eigenvalue weighted by Crippen LogP contribution is -2.21. The number of alkyl halides is 6. The standard InChI is InChI=1S/C30H32N6O2.C2HF3O2.CHF3.CH2O2/c1-30(2,3)24-11-9-23(10-12-24)29(37)33-26-20-36-27(32-26)15-16-28(34-36)38-25-13-7-22(8-14-25)6-4-5-18-35-19-17-31-21-35;3-2(4,5)1(6)7;2-1(3)4;2-1-3/h7-17,19-21H,4-6,18H2,1-3H3,(H,33,37);(H,6,7);1H;1H,(H,2,3). The van der Waals surface area contributed by atoms with E-state index in [0.29, 0.717) is 28.7 Å². The molecule has 0 spiro atoms. The number of imidazole rings is 2. The summed E-state index contributed by atoms with van der Waals surface area (Å²) in [6, 6.07) is 19.3. The predicted octanol–water partition coefficient (Wildman–Crippen LogP) is 7.80. The topological polar surface area (TPSA) is 161 Å². The number of nitrogens with one attached hydrogen (secondary N) is 1. The third-order valence-corrected chi connectivity index (χ3v) is 6.63. The van der Waals surface area contributed by atoms with Crippen LogP contribution in [-0.2, 0) is 28.0 Å². The molecule has 0 aliphatic rings. The summed E-state index contributed by atoms with van der Waals surface area (Å²) in [7, 11) is 0. The second-order valence-electron chi connectivity index (χ2n) is 11.5. The van der Waals surface area contributed by atoms with Crippen molar-refractivity contribution < 1.29 is 55.7 Å². The van der Waals surface area contributed by atoms with Crippen LogP contribution in [0, 0.1) is 0 Å². The number of aromatic nitrogens is 5. The zero-order valence-corrected chi connectivity index (χ0v) is 28.1. The maximum atomic E-state index is 12.7. The number of halogens is 6. The fraction of sp³-hybridized carbons (Fsp3) is 0.294. The van der Waals surface area contributed by atoms with Gasteiger partial charge in [-0.25, -0.2) is 19.3 Å². The van der Waals surface area contributed by atoms with E-state index in [4.69, 9.17) is 24.5 Å². The van der Waals surface area contributed by atoms with Crippen LogP contribution in [0.1, 0.15) is 55.1 Å². The van der Waals surface area contributed by atoms with Crippen molar-refractivity contribution in [1.82, 2.24) is 24.1 Å². The van der Waals surface area contributed by atoms with E-state index in [-0.39, 0.29) is 17.8 Å². The number of aliphatic carboxylic acids is 1. The smallest absolute Gasteiger partial charge is 0.483 e. The summed E-state index contributed by atoms with van der Waals surface area (Å²) >= 11 is 0. The quantitative estimate of drug-likeness (QED) is 0.0779. The van der Waals surface area contributed by atoms with Crippen LogP contribution < -0.4 is 10.1 Å². The van der Waals surface area contributed by atoms with Gasteiger partial charge in [0.1, 0.15) is 5.75 Å². The van der Waals surface area contributed by atoms with Crippen LogP contribution in [0.3, 0.4) is 0 Å². The Bertz CT molecular complexity index is 1820. The number of benzene rings is 2. The van der Waals surface area contributed by atoms with Crippen molar-refractivity contribution in [3.8, 4) is 11.6 Å². The molecule has 3 aromatic heterocycles. The van der Waals surface area contributed by atoms with Gasteiger partial charge < -0.3 is 24.8 Å². The van der Waals surface area contributed by atoms with Gasteiger partial charge in [-0.1, -0.05) is 45.0 Å². The molecule has 0 saturated carbocycles. The van der Waals surface area contributed by atoms with Crippen molar-refractivity contribution in [2.75, 3.05) is 5.32 Å². The summed E-state index contributed by atoms with van der Waals surface area (Å²) in [5.74, 6) is -1.39. The van der Waals surface area contributed by atoms with Crippen LogP contribution in [0.25, 0.3) is 5.65 Å². The van der Waals surface area contributed by atoms with E-state index in [1.807, 2.05) is 61.2 Å². The van der Waals surface area contributed by atoms with Gasteiger partial charge in [0, 0.05) is 30.6 Å². The molecule has 52 heavy (non-hydrogen) atoms. The zero-order valence-electron chi connectivity index (χ0n) is 28.1. The van der Waals surface area contributed by atoms with Gasteiger partial charge in [-0.15, -0.1) is 5.10 Å². The van der Waals surface area contributed by atoms with Crippen LogP contribution >= 0.6 is 0 Å². The average molecular weight is 739 g/mol. The lowest BCUT2D eigenvalue weighted by atomic mass is 9.87. The van der Waals surface area contributed by atoms with Gasteiger partial charge in [0.25, 0.3) is 12.4 Å². The Labute approximate surface area is 293 Å². The fourth-order valence-electron chi connectivity index (χ4n) is 4.18. The number of amides is 1. The predicted molar refractivity (Wildman–Crippen MR) is 177 cm³/mol. The fourth-order valence-corrected chi connectivity index (χ4v) is 4.18. The van der Waals surface area contributed by atoms with Crippen LogP contribution in [0.4, 0.5) is 32.2 Å². The van der Waals surface area contributed by atoms with Gasteiger partial charge in [-0.3, -0.25) is 9.59 Å². The highest BCUT2D eigenvalue weighted by atomic mass is 19.4. The molecule has 1 amide bonds. The molecule has 12 nitrogen and oxygen atoms in total. The number of unbranched alkanes of at least 4 members (excludes halogenated alkanes) is 1. The third-order valence-electron chi connectivity index (χ3n) is 6.63. The lowest BCUT2D eigenvalue weighted by molar-refractivity contribution is -0.192. The Morgan fingerprint density at radius 3 is 2.08 bits per heavy atom. The number of rotatable bonds is 9. The molecule has 2 aromatic carbocycles. The number of hydrogen-bond donors (Lipinski definition) is 3. The molecule has 0 fully saturated rings. The second kappa shape index (κ2) is 20.0. The van der Waals surface area contributed by atoms with E-state index in [1.165, 1.54) is 11.1 Å². The average Bonchev–Trinajstić information content (AvgIpc) is 3.73. The first-order chi connectivity index (χ1) is 24.4. The van der Waals surface area contributed by atoms with Gasteiger partial charge in [0.05, 0.1) is 12.5 Å². The number of carboxylic acids is 1. The molecule has 18 heteroatoms. The van der Waals surface area contributed by atoms with Gasteiger partial charge in [-0.2, -0.15) is 26.3 Å². The molecule has 0 bridgehead atoms. The number of carboxylic acid groups (broad SMARTS) is 2. The monoisotopic (exact) mass is 738 g/mol. The molecule has 280 valence electrons. The van der Waals surface area contributed by atoms with Gasteiger partial charge in [-0.05, 0) is 66.1 Å². The highest BCUT2D eigenvalue weighted by molar-refractivity contribution is 6.03. The third kappa shape index (κ3) is 15.3. The number of carbonyl (C=O) groups excluding carboxylic acids is 1. The van der Waals surface area contributed by atoms with E-state index in [2.05, 4.69) is 57.9 Å². The minimum atomic E-state index is -5.08. The molecule has 0 unspecified atom stereocenters. The summed E-state index contributed by atoms with van der Waals surface area (Å²) in [6.07, 6.45) is 5.48. The number of hydrogen-bond acceptors (Lipinski definition) is 7. The Balaban J connectivity index is 0.000000572. The minimum absolute atomic E-state index is 0.0332. The molecule has 5 aromatic rings. The maximum Gasteiger partial charge on any atom is 0.490 e. The summed E-state index contributed by atoms with van der Waals surface area (Å²) in [5, 5.41) is 21.4. The summed E-state index contributed by atoms with van der Waals surface area (Å²) in [4.78, 5) is 38.5. The highest BCUT2D eigenvalue weighted by Gasteiger charge is 2.38. The molecule has 0 atom stereocenters. The first-order valence-corrected chi connectivity index (χ1v) is 15.2. The second-order valence-corrected chi connectivity index (χ2v) is 11.5. The van der Waals surface area contributed by atoms with Crippen LogP contribution in [0.15, 0.2) is 85.6 Å². The van der Waals surface area contributed by atoms with Crippen LogP contribution in [0.2, 0.25) is 0 Å². The number of nitrogens with zero attached hydrogens (tertiary/aromatic N) is 5. The van der Waals surface area contributed by atoms with Crippen LogP contribution in [-0.4, -0.2) is 65.6 Å². The molecule has 0 aliphatic heterocycles. The lowest BCUT2D eigenvalue weighted by Gasteiger charge is -2.18.